The highest BCUT2D eigenvalue weighted by Gasteiger charge is 2.09. The minimum atomic E-state index is -0.366. The van der Waals surface area contributed by atoms with Crippen molar-refractivity contribution in [3.63, 3.8) is 0 Å². The van der Waals surface area contributed by atoms with Gasteiger partial charge in [0.25, 0.3) is 0 Å². The second kappa shape index (κ2) is 7.35. The topological polar surface area (TPSA) is 116 Å². The molecule has 5 nitrogen and oxygen atoms in total. The summed E-state index contributed by atoms with van der Waals surface area (Å²) < 4.78 is 0. The van der Waals surface area contributed by atoms with Gasteiger partial charge in [-0.15, -0.1) is 11.3 Å². The molecule has 21 heavy (non-hydrogen) atoms. The van der Waals surface area contributed by atoms with Gasteiger partial charge in [0, 0.05) is 16.6 Å². The van der Waals surface area contributed by atoms with Crippen LogP contribution in [0.4, 0.5) is 5.69 Å². The molecule has 0 aliphatic carbocycles. The van der Waals surface area contributed by atoms with Gasteiger partial charge in [0.1, 0.15) is 0 Å². The Hall–Kier alpha value is -1.70. The quantitative estimate of drug-likeness (QED) is 0.314. The molecule has 0 bridgehead atoms. The van der Waals surface area contributed by atoms with Crippen LogP contribution in [-0.4, -0.2) is 6.17 Å². The first-order valence-electron chi connectivity index (χ1n) is 6.66. The molecule has 3 unspecified atom stereocenters. The zero-order chi connectivity index (χ0) is 15.2. The van der Waals surface area contributed by atoms with Crippen molar-refractivity contribution in [3.8, 4) is 0 Å². The van der Waals surface area contributed by atoms with Crippen LogP contribution in [0, 0.1) is 0 Å². The number of anilines is 1. The number of rotatable bonds is 6. The molecule has 9 N–H and O–H groups in total. The van der Waals surface area contributed by atoms with Gasteiger partial charge >= 0.3 is 0 Å². The van der Waals surface area contributed by atoms with Crippen LogP contribution >= 0.6 is 11.3 Å². The Morgan fingerprint density at radius 1 is 1.05 bits per heavy atom. The average Bonchev–Trinajstić information content (AvgIpc) is 2.99. The molecule has 0 amide bonds. The van der Waals surface area contributed by atoms with Crippen LogP contribution in [-0.2, 0) is 0 Å². The number of nitrogens with one attached hydrogen (secondary N) is 1. The van der Waals surface area contributed by atoms with Gasteiger partial charge in [0.15, 0.2) is 0 Å². The fourth-order valence-electron chi connectivity index (χ4n) is 1.93. The van der Waals surface area contributed by atoms with Crippen LogP contribution < -0.4 is 28.3 Å². The van der Waals surface area contributed by atoms with E-state index in [0.29, 0.717) is 5.69 Å². The molecule has 0 fully saturated rings. The predicted octanol–water partition coefficient (Wildman–Crippen LogP) is 1.42. The molecule has 0 aliphatic heterocycles. The summed E-state index contributed by atoms with van der Waals surface area (Å²) in [6.07, 6.45) is 3.00. The van der Waals surface area contributed by atoms with E-state index in [1.807, 2.05) is 47.9 Å². The summed E-state index contributed by atoms with van der Waals surface area (Å²) in [4.78, 5) is 1.04. The van der Waals surface area contributed by atoms with Crippen LogP contribution in [0.5, 0.6) is 0 Å². The summed E-state index contributed by atoms with van der Waals surface area (Å²) in [6, 6.07) is 11.2. The van der Waals surface area contributed by atoms with Crippen LogP contribution in [0.1, 0.15) is 22.6 Å². The van der Waals surface area contributed by atoms with Gasteiger partial charge in [-0.3, -0.25) is 5.32 Å². The second-order valence-corrected chi connectivity index (χ2v) is 5.75. The molecular weight excluding hydrogens is 282 g/mol. The highest BCUT2D eigenvalue weighted by molar-refractivity contribution is 7.10. The minimum Gasteiger partial charge on any atom is -0.399 e. The minimum absolute atomic E-state index is 0.251. The van der Waals surface area contributed by atoms with Gasteiger partial charge in [-0.2, -0.15) is 0 Å². The zero-order valence-corrected chi connectivity index (χ0v) is 12.5. The Labute approximate surface area is 128 Å². The normalized spacial score (nSPS) is 16.0. The van der Waals surface area contributed by atoms with E-state index in [-0.39, 0.29) is 18.4 Å². The highest BCUT2D eigenvalue weighted by Crippen LogP contribution is 2.16. The van der Waals surface area contributed by atoms with Crippen molar-refractivity contribution in [2.75, 3.05) is 5.73 Å². The third-order valence-electron chi connectivity index (χ3n) is 3.04. The fraction of sp³-hybridized carbons (Fsp3) is 0.200. The third kappa shape index (κ3) is 4.66. The Bertz CT molecular complexity index is 582. The predicted molar refractivity (Wildman–Crippen MR) is 89.3 cm³/mol. The SMILES string of the molecule is Nc1cccc(C(N)/C=C\C(N)NC(N)c2cccs2)c1. The molecule has 2 aromatic rings. The lowest BCUT2D eigenvalue weighted by Crippen LogP contribution is -2.41. The van der Waals surface area contributed by atoms with E-state index in [4.69, 9.17) is 22.9 Å². The van der Waals surface area contributed by atoms with Gasteiger partial charge in [0.2, 0.25) is 0 Å². The molecule has 0 saturated heterocycles. The first-order valence-corrected chi connectivity index (χ1v) is 7.54. The Balaban J connectivity index is 1.91. The van der Waals surface area contributed by atoms with Crippen LogP contribution in [0.2, 0.25) is 0 Å². The van der Waals surface area contributed by atoms with Crippen molar-refractivity contribution in [1.82, 2.24) is 5.32 Å². The lowest BCUT2D eigenvalue weighted by molar-refractivity contribution is 0.510. The smallest absolute Gasteiger partial charge is 0.0919 e. The van der Waals surface area contributed by atoms with E-state index in [1.165, 1.54) is 0 Å². The fourth-order valence-corrected chi connectivity index (χ4v) is 2.62. The molecule has 112 valence electrons. The van der Waals surface area contributed by atoms with Crippen LogP contribution in [0.25, 0.3) is 0 Å². The first kappa shape index (κ1) is 15.7. The summed E-state index contributed by atoms with van der Waals surface area (Å²) in [5, 5.41) is 5.08. The standard InChI is InChI=1S/C15H21N5S/c16-11-4-1-3-10(9-11)12(17)6-7-14(18)20-15(19)13-5-2-8-21-13/h1-9,12,14-15,20H,16-19H2/b7-6-. The third-order valence-corrected chi connectivity index (χ3v) is 4.00. The van der Waals surface area contributed by atoms with E-state index in [9.17, 15) is 0 Å². The van der Waals surface area contributed by atoms with Gasteiger partial charge in [-0.1, -0.05) is 30.4 Å². The summed E-state index contributed by atoms with van der Waals surface area (Å²) in [5.41, 5.74) is 25.5. The van der Waals surface area contributed by atoms with Crippen LogP contribution in [0.15, 0.2) is 53.9 Å². The van der Waals surface area contributed by atoms with Gasteiger partial charge in [-0.05, 0) is 29.1 Å². The number of hydrogen-bond acceptors (Lipinski definition) is 6. The highest BCUT2D eigenvalue weighted by atomic mass is 32.1. The van der Waals surface area contributed by atoms with E-state index >= 15 is 0 Å². The lowest BCUT2D eigenvalue weighted by atomic mass is 10.1. The summed E-state index contributed by atoms with van der Waals surface area (Å²) >= 11 is 1.59. The van der Waals surface area contributed by atoms with Crippen molar-refractivity contribution in [1.29, 1.82) is 0 Å². The molecule has 1 aromatic carbocycles. The monoisotopic (exact) mass is 303 g/mol. The van der Waals surface area contributed by atoms with E-state index in [2.05, 4.69) is 5.32 Å². The van der Waals surface area contributed by atoms with Gasteiger partial charge in [-0.25, -0.2) is 0 Å². The maximum atomic E-state index is 6.08. The molecule has 1 aromatic heterocycles. The Morgan fingerprint density at radius 2 is 1.86 bits per heavy atom. The first-order chi connectivity index (χ1) is 10.1. The van der Waals surface area contributed by atoms with E-state index < -0.39 is 0 Å². The molecule has 3 atom stereocenters. The van der Waals surface area contributed by atoms with Gasteiger partial charge in [0.05, 0.1) is 12.3 Å². The largest absolute Gasteiger partial charge is 0.399 e. The number of nitrogen functional groups attached to an aromatic ring is 1. The second-order valence-electron chi connectivity index (χ2n) is 4.77. The molecule has 0 radical (unpaired) electrons. The van der Waals surface area contributed by atoms with Crippen molar-refractivity contribution in [2.24, 2.45) is 17.2 Å². The number of nitrogens with two attached hydrogens (primary N) is 4. The maximum Gasteiger partial charge on any atom is 0.0919 e. The number of thiophene rings is 1. The molecule has 0 saturated carbocycles. The summed E-state index contributed by atoms with van der Waals surface area (Å²) in [5.74, 6) is 0. The molecule has 6 heteroatoms. The zero-order valence-electron chi connectivity index (χ0n) is 11.6. The Kier molecular flexibility index (Phi) is 5.49. The summed E-state index contributed by atoms with van der Waals surface area (Å²) in [6.45, 7) is 0. The average molecular weight is 303 g/mol. The van der Waals surface area contributed by atoms with Crippen molar-refractivity contribution in [3.05, 3.63) is 64.4 Å². The molecular formula is C15H21N5S. The number of benzene rings is 1. The van der Waals surface area contributed by atoms with Crippen molar-refractivity contribution >= 4 is 17.0 Å². The summed E-state index contributed by atoms with van der Waals surface area (Å²) in [7, 11) is 0. The molecule has 2 rings (SSSR count). The molecule has 1 heterocycles. The Morgan fingerprint density at radius 3 is 2.52 bits per heavy atom. The van der Waals surface area contributed by atoms with Gasteiger partial charge < -0.3 is 22.9 Å². The van der Waals surface area contributed by atoms with E-state index in [1.54, 1.807) is 17.4 Å². The van der Waals surface area contributed by atoms with E-state index in [0.717, 1.165) is 10.4 Å². The number of hydrogen-bond donors (Lipinski definition) is 5. The van der Waals surface area contributed by atoms with Crippen LogP contribution in [0.3, 0.4) is 0 Å². The lowest BCUT2D eigenvalue weighted by Gasteiger charge is -2.16. The molecule has 0 spiro atoms. The van der Waals surface area contributed by atoms with Crippen molar-refractivity contribution < 1.29 is 0 Å². The van der Waals surface area contributed by atoms with Crippen molar-refractivity contribution in [2.45, 2.75) is 18.4 Å². The maximum absolute atomic E-state index is 6.08. The molecule has 0 aliphatic rings.